The van der Waals surface area contributed by atoms with Gasteiger partial charge in [0.15, 0.2) is 5.82 Å². The number of nitrogens with two attached hydrogens (primary N) is 1. The number of nitrogen functional groups attached to an aromatic ring is 1. The van der Waals surface area contributed by atoms with Gasteiger partial charge in [-0.2, -0.15) is 16.9 Å². The molecular formula is C13H23N5S. The molecule has 0 aromatic carbocycles. The van der Waals surface area contributed by atoms with Crippen molar-refractivity contribution in [1.82, 2.24) is 10.2 Å². The number of rotatable bonds is 6. The second-order valence-electron chi connectivity index (χ2n) is 4.76. The topological polar surface area (TPSA) is 78.9 Å². The molecule has 0 aliphatic rings. The number of aromatic nitrogens is 2. The molecule has 0 bridgehead atoms. The molecule has 0 saturated heterocycles. The van der Waals surface area contributed by atoms with Gasteiger partial charge in [-0.25, -0.2) is 0 Å². The minimum absolute atomic E-state index is 0.0504. The number of aryl methyl sites for hydroxylation is 1. The van der Waals surface area contributed by atoms with Crippen LogP contribution in [0.4, 0.5) is 5.82 Å². The molecule has 0 amide bonds. The molecule has 1 atom stereocenters. The second-order valence-corrected chi connectivity index (χ2v) is 5.75. The number of anilines is 1. The largest absolute Gasteiger partial charge is 0.384 e. The van der Waals surface area contributed by atoms with E-state index in [0.717, 1.165) is 23.4 Å². The third-order valence-electron chi connectivity index (χ3n) is 3.44. The fourth-order valence-corrected chi connectivity index (χ4v) is 2.43. The number of hydrogen-bond acceptors (Lipinski definition) is 5. The first-order chi connectivity index (χ1) is 8.90. The Morgan fingerprint density at radius 1 is 1.42 bits per heavy atom. The Labute approximate surface area is 119 Å². The highest BCUT2D eigenvalue weighted by molar-refractivity contribution is 7.98. The summed E-state index contributed by atoms with van der Waals surface area (Å²) in [5.41, 5.74) is 8.16. The Hall–Kier alpha value is -1.30. The standard InChI is InChI=1S/C13H23N5S/c1-8(6-7-19-5)18(4)13-11(12(14)15)9(2)10(3)16-17-13/h8H,6-7H2,1-5H3,(H3,14,15). The Bertz CT molecular complexity index is 461. The Balaban J connectivity index is 3.12. The highest BCUT2D eigenvalue weighted by Gasteiger charge is 2.20. The maximum Gasteiger partial charge on any atom is 0.162 e. The Morgan fingerprint density at radius 2 is 2.05 bits per heavy atom. The molecular weight excluding hydrogens is 258 g/mol. The molecule has 0 aliphatic carbocycles. The number of thioether (sulfide) groups is 1. The highest BCUT2D eigenvalue weighted by atomic mass is 32.2. The SMILES string of the molecule is CSCCC(C)N(C)c1nnc(C)c(C)c1C(=N)N. The maximum atomic E-state index is 7.77. The van der Waals surface area contributed by atoms with Gasteiger partial charge in [0, 0.05) is 13.1 Å². The van der Waals surface area contributed by atoms with Crippen molar-refractivity contribution in [2.45, 2.75) is 33.2 Å². The summed E-state index contributed by atoms with van der Waals surface area (Å²) >= 11 is 1.83. The van der Waals surface area contributed by atoms with Gasteiger partial charge in [-0.3, -0.25) is 5.41 Å². The predicted molar refractivity (Wildman–Crippen MR) is 83.4 cm³/mol. The summed E-state index contributed by atoms with van der Waals surface area (Å²) in [7, 11) is 1.98. The fourth-order valence-electron chi connectivity index (χ4n) is 1.86. The van der Waals surface area contributed by atoms with E-state index in [1.807, 2.05) is 32.7 Å². The Morgan fingerprint density at radius 3 is 2.58 bits per heavy atom. The third-order valence-corrected chi connectivity index (χ3v) is 4.08. The molecule has 0 aliphatic heterocycles. The summed E-state index contributed by atoms with van der Waals surface area (Å²) in [5.74, 6) is 1.85. The zero-order valence-electron chi connectivity index (χ0n) is 12.3. The lowest BCUT2D eigenvalue weighted by Crippen LogP contribution is -2.33. The summed E-state index contributed by atoms with van der Waals surface area (Å²) < 4.78 is 0. The van der Waals surface area contributed by atoms with Crippen LogP contribution in [0, 0.1) is 19.3 Å². The smallest absolute Gasteiger partial charge is 0.162 e. The van der Waals surface area contributed by atoms with Crippen LogP contribution in [-0.4, -0.2) is 41.1 Å². The van der Waals surface area contributed by atoms with E-state index < -0.39 is 0 Å². The quantitative estimate of drug-likeness (QED) is 0.615. The normalized spacial score (nSPS) is 12.3. The van der Waals surface area contributed by atoms with Gasteiger partial charge in [0.25, 0.3) is 0 Å². The molecule has 1 rings (SSSR count). The van der Waals surface area contributed by atoms with E-state index in [9.17, 15) is 0 Å². The molecule has 106 valence electrons. The number of hydrogen-bond donors (Lipinski definition) is 2. The van der Waals surface area contributed by atoms with Gasteiger partial charge < -0.3 is 10.6 Å². The van der Waals surface area contributed by atoms with Crippen LogP contribution in [0.1, 0.15) is 30.2 Å². The monoisotopic (exact) mass is 281 g/mol. The minimum Gasteiger partial charge on any atom is -0.384 e. The van der Waals surface area contributed by atoms with Crippen molar-refractivity contribution >= 4 is 23.4 Å². The molecule has 0 fully saturated rings. The lowest BCUT2D eigenvalue weighted by Gasteiger charge is -2.27. The van der Waals surface area contributed by atoms with E-state index in [4.69, 9.17) is 11.1 Å². The van der Waals surface area contributed by atoms with Crippen molar-refractivity contribution in [2.24, 2.45) is 5.73 Å². The summed E-state index contributed by atoms with van der Waals surface area (Å²) in [5, 5.41) is 16.2. The van der Waals surface area contributed by atoms with Crippen molar-refractivity contribution < 1.29 is 0 Å². The van der Waals surface area contributed by atoms with E-state index in [1.165, 1.54) is 0 Å². The van der Waals surface area contributed by atoms with Crippen molar-refractivity contribution in [1.29, 1.82) is 5.41 Å². The molecule has 0 radical (unpaired) electrons. The van der Waals surface area contributed by atoms with Crippen molar-refractivity contribution in [3.63, 3.8) is 0 Å². The summed E-state index contributed by atoms with van der Waals surface area (Å²) in [4.78, 5) is 2.06. The number of nitrogens with zero attached hydrogens (tertiary/aromatic N) is 3. The summed E-state index contributed by atoms with van der Waals surface area (Å²) in [6, 6.07) is 0.335. The number of nitrogens with one attached hydrogen (secondary N) is 1. The first-order valence-corrected chi connectivity index (χ1v) is 7.69. The summed E-state index contributed by atoms with van der Waals surface area (Å²) in [6.07, 6.45) is 3.16. The first-order valence-electron chi connectivity index (χ1n) is 6.30. The van der Waals surface area contributed by atoms with Crippen LogP contribution in [0.2, 0.25) is 0 Å². The van der Waals surface area contributed by atoms with Gasteiger partial charge in [-0.15, -0.1) is 5.10 Å². The lowest BCUT2D eigenvalue weighted by atomic mass is 10.1. The fraction of sp³-hybridized carbons (Fsp3) is 0.615. The molecule has 19 heavy (non-hydrogen) atoms. The zero-order valence-corrected chi connectivity index (χ0v) is 13.1. The van der Waals surface area contributed by atoms with E-state index in [1.54, 1.807) is 0 Å². The maximum absolute atomic E-state index is 7.77. The van der Waals surface area contributed by atoms with Gasteiger partial charge in [0.1, 0.15) is 5.84 Å². The number of amidine groups is 1. The van der Waals surface area contributed by atoms with Crippen LogP contribution in [0.25, 0.3) is 0 Å². The molecule has 0 spiro atoms. The average molecular weight is 281 g/mol. The lowest BCUT2D eigenvalue weighted by molar-refractivity contribution is 0.655. The van der Waals surface area contributed by atoms with E-state index >= 15 is 0 Å². The molecule has 1 aromatic rings. The van der Waals surface area contributed by atoms with Crippen molar-refractivity contribution in [3.05, 3.63) is 16.8 Å². The predicted octanol–water partition coefficient (Wildman–Crippen LogP) is 1.96. The van der Waals surface area contributed by atoms with Crippen LogP contribution in [-0.2, 0) is 0 Å². The van der Waals surface area contributed by atoms with Crippen LogP contribution in [0.3, 0.4) is 0 Å². The van der Waals surface area contributed by atoms with Gasteiger partial charge >= 0.3 is 0 Å². The van der Waals surface area contributed by atoms with Crippen molar-refractivity contribution in [3.8, 4) is 0 Å². The molecule has 6 heteroatoms. The molecule has 1 unspecified atom stereocenters. The molecule has 5 nitrogen and oxygen atoms in total. The molecule has 0 saturated carbocycles. The third kappa shape index (κ3) is 3.59. The van der Waals surface area contributed by atoms with Crippen LogP contribution >= 0.6 is 11.8 Å². The first kappa shape index (κ1) is 15.8. The average Bonchev–Trinajstić information content (AvgIpc) is 2.37. The Kier molecular flexibility index (Phi) is 5.60. The van der Waals surface area contributed by atoms with Crippen LogP contribution < -0.4 is 10.6 Å². The van der Waals surface area contributed by atoms with Gasteiger partial charge in [-0.1, -0.05) is 0 Å². The minimum atomic E-state index is 0.0504. The zero-order chi connectivity index (χ0) is 14.6. The molecule has 3 N–H and O–H groups in total. The van der Waals surface area contributed by atoms with Gasteiger partial charge in [0.05, 0.1) is 11.3 Å². The second kappa shape index (κ2) is 6.75. The van der Waals surface area contributed by atoms with E-state index in [-0.39, 0.29) is 5.84 Å². The van der Waals surface area contributed by atoms with E-state index in [2.05, 4.69) is 28.3 Å². The molecule has 1 aromatic heterocycles. The summed E-state index contributed by atoms with van der Waals surface area (Å²) in [6.45, 7) is 5.97. The van der Waals surface area contributed by atoms with Crippen LogP contribution in [0.5, 0.6) is 0 Å². The highest BCUT2D eigenvalue weighted by Crippen LogP contribution is 2.23. The van der Waals surface area contributed by atoms with Crippen molar-refractivity contribution in [2.75, 3.05) is 24.0 Å². The van der Waals surface area contributed by atoms with Crippen LogP contribution in [0.15, 0.2) is 0 Å². The van der Waals surface area contributed by atoms with E-state index in [0.29, 0.717) is 17.4 Å². The molecule has 1 heterocycles. The van der Waals surface area contributed by atoms with Gasteiger partial charge in [0.2, 0.25) is 0 Å². The van der Waals surface area contributed by atoms with Gasteiger partial charge in [-0.05, 0) is 44.8 Å².